The second-order valence-electron chi connectivity index (χ2n) is 10.0. The first kappa shape index (κ1) is 27.1. The Kier molecular flexibility index (Phi) is 6.51. The first-order valence-corrected chi connectivity index (χ1v) is 13.1. The predicted molar refractivity (Wildman–Crippen MR) is 146 cm³/mol. The Hall–Kier alpha value is -5.07. The second kappa shape index (κ2) is 10.1. The van der Waals surface area contributed by atoms with Crippen molar-refractivity contribution in [1.29, 1.82) is 0 Å². The summed E-state index contributed by atoms with van der Waals surface area (Å²) in [6.07, 6.45) is 3.67. The van der Waals surface area contributed by atoms with Gasteiger partial charge in [0.05, 0.1) is 12.0 Å². The van der Waals surface area contributed by atoms with Crippen LogP contribution in [0.2, 0.25) is 0 Å². The molecule has 1 aliphatic heterocycles. The molecule has 0 atom stereocenters. The number of rotatable bonds is 6. The Balaban J connectivity index is 1.53. The van der Waals surface area contributed by atoms with Crippen LogP contribution in [-0.4, -0.2) is 52.8 Å². The maximum atomic E-state index is 14.2. The molecule has 42 heavy (non-hydrogen) atoms. The number of aromatic carboxylic acids is 1. The van der Waals surface area contributed by atoms with Crippen LogP contribution in [-0.2, 0) is 32.6 Å². The number of nitrogens with zero attached hydrogens (tertiary/aromatic N) is 7. The highest BCUT2D eigenvalue weighted by Gasteiger charge is 2.39. The largest absolute Gasteiger partial charge is 0.476 e. The number of halogens is 3. The maximum absolute atomic E-state index is 14.2. The van der Waals surface area contributed by atoms with Crippen molar-refractivity contribution in [2.45, 2.75) is 32.5 Å². The summed E-state index contributed by atoms with van der Waals surface area (Å²) in [6.45, 7) is 2.28. The molecule has 0 unspecified atom stereocenters. The summed E-state index contributed by atoms with van der Waals surface area (Å²) >= 11 is 0. The molecule has 5 heterocycles. The number of carboxylic acids is 1. The Morgan fingerprint density at radius 2 is 1.90 bits per heavy atom. The van der Waals surface area contributed by atoms with Crippen LogP contribution in [0.3, 0.4) is 0 Å². The number of aromatic nitrogens is 6. The van der Waals surface area contributed by atoms with E-state index in [0.29, 0.717) is 39.9 Å². The second-order valence-corrected chi connectivity index (χ2v) is 10.0. The lowest BCUT2D eigenvalue weighted by Gasteiger charge is -2.31. The van der Waals surface area contributed by atoms with Crippen molar-refractivity contribution >= 4 is 28.5 Å². The molecule has 0 aliphatic carbocycles. The first-order chi connectivity index (χ1) is 20.0. The molecule has 6 rings (SSSR count). The lowest BCUT2D eigenvalue weighted by atomic mass is 9.88. The predicted octanol–water partition coefficient (Wildman–Crippen LogP) is 4.76. The van der Waals surface area contributed by atoms with E-state index in [1.807, 2.05) is 6.92 Å². The van der Waals surface area contributed by atoms with Gasteiger partial charge in [-0.05, 0) is 53.8 Å². The van der Waals surface area contributed by atoms with Crippen molar-refractivity contribution in [3.63, 3.8) is 0 Å². The summed E-state index contributed by atoms with van der Waals surface area (Å²) in [4.78, 5) is 40.1. The summed E-state index contributed by atoms with van der Waals surface area (Å²) in [6, 6.07) is 6.73. The van der Waals surface area contributed by atoms with Crippen molar-refractivity contribution in [1.82, 2.24) is 29.3 Å². The number of alkyl halides is 3. The van der Waals surface area contributed by atoms with Gasteiger partial charge in [0.2, 0.25) is 0 Å². The summed E-state index contributed by atoms with van der Waals surface area (Å²) < 4.78 is 45.0. The van der Waals surface area contributed by atoms with Crippen LogP contribution in [0.5, 0.6) is 0 Å². The molecule has 0 saturated carbocycles. The molecule has 1 amide bonds. The van der Waals surface area contributed by atoms with Gasteiger partial charge in [0.25, 0.3) is 5.91 Å². The van der Waals surface area contributed by atoms with E-state index in [2.05, 4.69) is 20.1 Å². The number of amides is 1. The van der Waals surface area contributed by atoms with Crippen LogP contribution < -0.4 is 4.90 Å². The molecule has 5 aromatic rings. The zero-order chi connectivity index (χ0) is 29.8. The minimum Gasteiger partial charge on any atom is -0.476 e. The molecule has 214 valence electrons. The van der Waals surface area contributed by atoms with Crippen LogP contribution in [0, 0.1) is 0 Å². The number of fused-ring (bicyclic) bond motifs is 2. The smallest absolute Gasteiger partial charge is 0.435 e. The van der Waals surface area contributed by atoms with Gasteiger partial charge in [-0.3, -0.25) is 14.5 Å². The van der Waals surface area contributed by atoms with Crippen molar-refractivity contribution in [3.05, 3.63) is 89.2 Å². The van der Waals surface area contributed by atoms with Gasteiger partial charge in [-0.2, -0.15) is 18.3 Å². The van der Waals surface area contributed by atoms with E-state index in [1.165, 1.54) is 24.3 Å². The fourth-order valence-electron chi connectivity index (χ4n) is 5.47. The Morgan fingerprint density at radius 1 is 1.12 bits per heavy atom. The van der Waals surface area contributed by atoms with E-state index < -0.39 is 23.7 Å². The number of pyridine rings is 2. The topological polar surface area (TPSA) is 119 Å². The minimum absolute atomic E-state index is 0.103. The maximum Gasteiger partial charge on any atom is 0.435 e. The molecule has 0 saturated heterocycles. The van der Waals surface area contributed by atoms with Crippen LogP contribution in [0.4, 0.5) is 18.9 Å². The Labute approximate surface area is 237 Å². The standard InChI is InChI=1S/C29H24F3N7O3/c1-3-17-12-21-23(4-6-34-24(21)25(35-17)28(41)42)39-8-5-18-19(22-14-37(2)36-26(22)29(30,31)32)10-16(11-20(18)27(39)40)13-38-9-7-33-15-38/h4,6-7,9-12,14-15H,3,5,8,13H2,1-2H3,(H,41,42). The van der Waals surface area contributed by atoms with Crippen molar-refractivity contribution in [3.8, 4) is 11.1 Å². The molecule has 10 nitrogen and oxygen atoms in total. The molecular weight excluding hydrogens is 551 g/mol. The van der Waals surface area contributed by atoms with Crippen molar-refractivity contribution in [2.24, 2.45) is 7.05 Å². The monoisotopic (exact) mass is 575 g/mol. The number of benzene rings is 1. The third-order valence-electron chi connectivity index (χ3n) is 7.30. The SMILES string of the molecule is CCc1cc2c(N3CCc4c(cc(Cn5ccnc5)cc4-c4cn(C)nc4C(F)(F)F)C3=O)ccnc2c(C(=O)O)n1. The lowest BCUT2D eigenvalue weighted by molar-refractivity contribution is -0.141. The van der Waals surface area contributed by atoms with E-state index in [4.69, 9.17) is 0 Å². The number of imidazole rings is 1. The Bertz CT molecular complexity index is 1860. The molecule has 1 aromatic carbocycles. The normalized spacial score (nSPS) is 13.5. The molecule has 4 aromatic heterocycles. The molecule has 13 heteroatoms. The average molecular weight is 576 g/mol. The van der Waals surface area contributed by atoms with E-state index in [-0.39, 0.29) is 41.8 Å². The molecule has 0 radical (unpaired) electrons. The number of carboxylic acid groups (broad SMARTS) is 1. The van der Waals surface area contributed by atoms with Gasteiger partial charge in [0, 0.05) is 67.1 Å². The summed E-state index contributed by atoms with van der Waals surface area (Å²) in [5, 5.41) is 13.9. The zero-order valence-corrected chi connectivity index (χ0v) is 22.6. The van der Waals surface area contributed by atoms with E-state index in [0.717, 1.165) is 4.68 Å². The van der Waals surface area contributed by atoms with Gasteiger partial charge in [0.15, 0.2) is 11.4 Å². The molecule has 0 spiro atoms. The number of anilines is 1. The van der Waals surface area contributed by atoms with Gasteiger partial charge >= 0.3 is 12.1 Å². The lowest BCUT2D eigenvalue weighted by Crippen LogP contribution is -2.38. The van der Waals surface area contributed by atoms with E-state index >= 15 is 0 Å². The third-order valence-corrected chi connectivity index (χ3v) is 7.30. The number of carbonyl (C=O) groups excluding carboxylic acids is 1. The Morgan fingerprint density at radius 3 is 2.60 bits per heavy atom. The highest BCUT2D eigenvalue weighted by Crippen LogP contribution is 2.41. The quantitative estimate of drug-likeness (QED) is 0.310. The number of hydrogen-bond acceptors (Lipinski definition) is 6. The summed E-state index contributed by atoms with van der Waals surface area (Å²) in [5.41, 5.74) is 1.45. The van der Waals surface area contributed by atoms with E-state index in [9.17, 15) is 27.9 Å². The fourth-order valence-corrected chi connectivity index (χ4v) is 5.47. The van der Waals surface area contributed by atoms with Crippen LogP contribution in [0.15, 0.2) is 55.4 Å². The fraction of sp³-hybridized carbons (Fsp3) is 0.241. The van der Waals surface area contributed by atoms with Crippen LogP contribution >= 0.6 is 0 Å². The van der Waals surface area contributed by atoms with Crippen molar-refractivity contribution < 1.29 is 27.9 Å². The van der Waals surface area contributed by atoms with Gasteiger partial charge in [-0.15, -0.1) is 0 Å². The van der Waals surface area contributed by atoms with Gasteiger partial charge in [-0.1, -0.05) is 6.92 Å². The summed E-state index contributed by atoms with van der Waals surface area (Å²) in [7, 11) is 1.42. The molecular formula is C29H24F3N7O3. The minimum atomic E-state index is -4.70. The highest BCUT2D eigenvalue weighted by atomic mass is 19.4. The number of carbonyl (C=O) groups is 2. The van der Waals surface area contributed by atoms with Crippen LogP contribution in [0.1, 0.15) is 50.3 Å². The van der Waals surface area contributed by atoms with Gasteiger partial charge in [-0.25, -0.2) is 14.8 Å². The average Bonchev–Trinajstić information content (AvgIpc) is 3.61. The van der Waals surface area contributed by atoms with Crippen molar-refractivity contribution in [2.75, 3.05) is 11.4 Å². The summed E-state index contributed by atoms with van der Waals surface area (Å²) in [5.74, 6) is -1.65. The molecule has 1 aliphatic rings. The van der Waals surface area contributed by atoms with E-state index in [1.54, 1.807) is 47.6 Å². The van der Waals surface area contributed by atoms with Crippen LogP contribution in [0.25, 0.3) is 22.0 Å². The van der Waals surface area contributed by atoms with Gasteiger partial charge in [0.1, 0.15) is 5.52 Å². The molecule has 0 bridgehead atoms. The number of aryl methyl sites for hydroxylation is 2. The van der Waals surface area contributed by atoms with Gasteiger partial charge < -0.3 is 14.6 Å². The molecule has 1 N–H and O–H groups in total. The number of hydrogen-bond donors (Lipinski definition) is 1. The highest BCUT2D eigenvalue weighted by molar-refractivity contribution is 6.14. The zero-order valence-electron chi connectivity index (χ0n) is 22.6. The first-order valence-electron chi connectivity index (χ1n) is 13.1. The third kappa shape index (κ3) is 4.66. The molecule has 0 fully saturated rings.